The van der Waals surface area contributed by atoms with Crippen molar-refractivity contribution in [1.29, 1.82) is 0 Å². The Balaban J connectivity index is 2.38. The zero-order valence-corrected chi connectivity index (χ0v) is 9.25. The Kier molecular flexibility index (Phi) is 1.74. The minimum atomic E-state index is 0.788. The number of hydrogen-bond acceptors (Lipinski definition) is 0. The standard InChI is InChI=1S/C13H12Si/c1-14-12-8-10-6-2-4-9-5-3-7-11(12)13(9)10/h2-7,12H,8H2,1H3. The normalized spacial score (nSPS) is 19.1. The molecule has 0 saturated heterocycles. The molecule has 3 rings (SSSR count). The van der Waals surface area contributed by atoms with Gasteiger partial charge in [0.2, 0.25) is 0 Å². The van der Waals surface area contributed by atoms with Crippen LogP contribution in [0.15, 0.2) is 36.4 Å². The van der Waals surface area contributed by atoms with Crippen LogP contribution >= 0.6 is 0 Å². The molecule has 0 heterocycles. The lowest BCUT2D eigenvalue weighted by Crippen LogP contribution is -2.01. The Morgan fingerprint density at radius 1 is 1.14 bits per heavy atom. The van der Waals surface area contributed by atoms with Crippen LogP contribution in [-0.4, -0.2) is 9.52 Å². The monoisotopic (exact) mass is 196 g/mol. The Labute approximate surface area is 86.8 Å². The van der Waals surface area contributed by atoms with Gasteiger partial charge in [0.05, 0.1) is 0 Å². The lowest BCUT2D eigenvalue weighted by atomic mass is 10.1. The summed E-state index contributed by atoms with van der Waals surface area (Å²) in [4.78, 5) is 0. The topological polar surface area (TPSA) is 0 Å². The van der Waals surface area contributed by atoms with Gasteiger partial charge in [0, 0.05) is 9.52 Å². The van der Waals surface area contributed by atoms with Gasteiger partial charge in [-0.1, -0.05) is 42.9 Å². The molecule has 0 aromatic heterocycles. The Hall–Kier alpha value is -1.08. The second-order valence-electron chi connectivity index (χ2n) is 3.91. The highest BCUT2D eigenvalue weighted by molar-refractivity contribution is 6.37. The van der Waals surface area contributed by atoms with E-state index in [0.29, 0.717) is 0 Å². The van der Waals surface area contributed by atoms with Gasteiger partial charge in [-0.15, -0.1) is 0 Å². The molecule has 14 heavy (non-hydrogen) atoms. The number of hydrogen-bond donors (Lipinski definition) is 0. The van der Waals surface area contributed by atoms with Crippen molar-refractivity contribution in [3.63, 3.8) is 0 Å². The highest BCUT2D eigenvalue weighted by Crippen LogP contribution is 2.37. The second kappa shape index (κ2) is 2.96. The molecule has 0 nitrogen and oxygen atoms in total. The van der Waals surface area contributed by atoms with E-state index in [-0.39, 0.29) is 0 Å². The summed E-state index contributed by atoms with van der Waals surface area (Å²) < 4.78 is 0. The van der Waals surface area contributed by atoms with E-state index in [0.717, 1.165) is 15.1 Å². The summed E-state index contributed by atoms with van der Waals surface area (Å²) >= 11 is 0. The highest BCUT2D eigenvalue weighted by Gasteiger charge is 2.22. The van der Waals surface area contributed by atoms with Gasteiger partial charge in [-0.2, -0.15) is 0 Å². The maximum absolute atomic E-state index is 2.31. The molecule has 0 fully saturated rings. The van der Waals surface area contributed by atoms with E-state index in [4.69, 9.17) is 0 Å². The van der Waals surface area contributed by atoms with Gasteiger partial charge in [-0.25, -0.2) is 0 Å². The first-order valence-electron chi connectivity index (χ1n) is 5.08. The summed E-state index contributed by atoms with van der Waals surface area (Å²) in [7, 11) is 1.02. The third-order valence-electron chi connectivity index (χ3n) is 3.17. The first-order valence-corrected chi connectivity index (χ1v) is 6.65. The summed E-state index contributed by atoms with van der Waals surface area (Å²) in [6.45, 7) is 2.31. The summed E-state index contributed by atoms with van der Waals surface area (Å²) in [5.41, 5.74) is 3.92. The third kappa shape index (κ3) is 0.991. The van der Waals surface area contributed by atoms with Crippen molar-refractivity contribution < 1.29 is 0 Å². The van der Waals surface area contributed by atoms with Crippen LogP contribution in [0, 0.1) is 0 Å². The molecule has 1 aliphatic carbocycles. The molecular formula is C13H12Si. The van der Waals surface area contributed by atoms with Gasteiger partial charge in [0.1, 0.15) is 0 Å². The fourth-order valence-corrected chi connectivity index (χ4v) is 3.47. The molecule has 0 saturated carbocycles. The summed E-state index contributed by atoms with van der Waals surface area (Å²) in [5, 5.41) is 2.95. The first-order chi connectivity index (χ1) is 6.90. The van der Waals surface area contributed by atoms with Crippen molar-refractivity contribution in [3.8, 4) is 0 Å². The molecule has 2 radical (unpaired) electrons. The number of benzene rings is 2. The van der Waals surface area contributed by atoms with E-state index < -0.39 is 0 Å². The third-order valence-corrected chi connectivity index (χ3v) is 4.38. The predicted molar refractivity (Wildman–Crippen MR) is 62.0 cm³/mol. The Morgan fingerprint density at radius 2 is 1.93 bits per heavy atom. The van der Waals surface area contributed by atoms with Gasteiger partial charge < -0.3 is 0 Å². The summed E-state index contributed by atoms with van der Waals surface area (Å²) in [6, 6.07) is 13.4. The fourth-order valence-electron chi connectivity index (χ4n) is 2.50. The molecule has 2 aromatic carbocycles. The van der Waals surface area contributed by atoms with Crippen molar-refractivity contribution in [2.24, 2.45) is 0 Å². The van der Waals surface area contributed by atoms with Crippen molar-refractivity contribution in [1.82, 2.24) is 0 Å². The van der Waals surface area contributed by atoms with E-state index in [1.165, 1.54) is 17.2 Å². The van der Waals surface area contributed by atoms with Crippen LogP contribution in [0.5, 0.6) is 0 Å². The van der Waals surface area contributed by atoms with Crippen LogP contribution < -0.4 is 0 Å². The smallest absolute Gasteiger partial charge is 0.0443 e. The van der Waals surface area contributed by atoms with Crippen molar-refractivity contribution in [2.45, 2.75) is 18.5 Å². The van der Waals surface area contributed by atoms with Crippen LogP contribution in [0.25, 0.3) is 10.8 Å². The van der Waals surface area contributed by atoms with E-state index in [1.54, 1.807) is 11.1 Å². The quantitative estimate of drug-likeness (QED) is 0.614. The molecule has 0 aliphatic heterocycles. The first kappa shape index (κ1) is 8.24. The van der Waals surface area contributed by atoms with Crippen LogP contribution in [0.1, 0.15) is 16.7 Å². The Bertz CT molecular complexity index is 482. The average Bonchev–Trinajstić information content (AvgIpc) is 2.60. The molecule has 0 N–H and O–H groups in total. The Morgan fingerprint density at radius 3 is 2.71 bits per heavy atom. The fraction of sp³-hybridized carbons (Fsp3) is 0.231. The van der Waals surface area contributed by atoms with Gasteiger partial charge >= 0.3 is 0 Å². The maximum atomic E-state index is 2.31. The molecule has 0 bridgehead atoms. The molecule has 1 heteroatoms. The SMILES string of the molecule is C[Si]C1Cc2cccc3cccc1c23. The minimum absolute atomic E-state index is 0.788. The summed E-state index contributed by atoms with van der Waals surface area (Å²) in [6.07, 6.45) is 1.26. The lowest BCUT2D eigenvalue weighted by molar-refractivity contribution is 0.965. The molecule has 1 unspecified atom stereocenters. The summed E-state index contributed by atoms with van der Waals surface area (Å²) in [5.74, 6) is 0. The van der Waals surface area contributed by atoms with Gasteiger partial charge in [-0.3, -0.25) is 0 Å². The van der Waals surface area contributed by atoms with E-state index in [2.05, 4.69) is 42.9 Å². The second-order valence-corrected chi connectivity index (χ2v) is 5.18. The molecule has 0 spiro atoms. The van der Waals surface area contributed by atoms with Crippen molar-refractivity contribution in [2.75, 3.05) is 0 Å². The average molecular weight is 196 g/mol. The van der Waals surface area contributed by atoms with Crippen LogP contribution in [0.3, 0.4) is 0 Å². The van der Waals surface area contributed by atoms with E-state index in [9.17, 15) is 0 Å². The van der Waals surface area contributed by atoms with Gasteiger partial charge in [-0.05, 0) is 33.9 Å². The van der Waals surface area contributed by atoms with Crippen molar-refractivity contribution >= 4 is 20.3 Å². The molecule has 68 valence electrons. The zero-order valence-electron chi connectivity index (χ0n) is 8.25. The lowest BCUT2D eigenvalue weighted by Gasteiger charge is -2.06. The van der Waals surface area contributed by atoms with Crippen molar-refractivity contribution in [3.05, 3.63) is 47.5 Å². The van der Waals surface area contributed by atoms with Crippen LogP contribution in [0.4, 0.5) is 0 Å². The zero-order chi connectivity index (χ0) is 9.54. The minimum Gasteiger partial charge on any atom is -0.0728 e. The molecular weight excluding hydrogens is 184 g/mol. The molecule has 0 amide bonds. The largest absolute Gasteiger partial charge is 0.0728 e. The predicted octanol–water partition coefficient (Wildman–Crippen LogP) is 3.19. The van der Waals surface area contributed by atoms with Gasteiger partial charge in [0.15, 0.2) is 0 Å². The molecule has 2 aromatic rings. The molecule has 1 atom stereocenters. The van der Waals surface area contributed by atoms with Crippen LogP contribution in [0.2, 0.25) is 6.55 Å². The van der Waals surface area contributed by atoms with E-state index in [1.807, 2.05) is 0 Å². The van der Waals surface area contributed by atoms with Gasteiger partial charge in [0.25, 0.3) is 0 Å². The van der Waals surface area contributed by atoms with Crippen LogP contribution in [-0.2, 0) is 6.42 Å². The number of rotatable bonds is 1. The maximum Gasteiger partial charge on any atom is 0.0443 e. The highest BCUT2D eigenvalue weighted by atomic mass is 28.2. The van der Waals surface area contributed by atoms with E-state index >= 15 is 0 Å². The molecule has 1 aliphatic rings.